The maximum Gasteiger partial charge on any atom is 0.220 e. The quantitative estimate of drug-likeness (QED) is 0.689. The van der Waals surface area contributed by atoms with Crippen molar-refractivity contribution in [3.63, 3.8) is 0 Å². The second-order valence-corrected chi connectivity index (χ2v) is 5.26. The van der Waals surface area contributed by atoms with Crippen molar-refractivity contribution in [3.05, 3.63) is 18.0 Å². The molecule has 0 aromatic carbocycles. The molecule has 0 spiro atoms. The summed E-state index contributed by atoms with van der Waals surface area (Å²) in [4.78, 5) is 11.9. The maximum atomic E-state index is 11.9. The summed E-state index contributed by atoms with van der Waals surface area (Å²) in [5.74, 6) is 0.888. The standard InChI is InChI=1S/C13H24N4O/c1-9(2)4-11(6-14)5-13(18)17-10(3)12-7-15-16-8-12/h7-11H,4-6,14H2,1-3H3,(H,15,16)(H,17,18)/t10?,11-/m0/s1. The van der Waals surface area contributed by atoms with Crippen LogP contribution in [0.4, 0.5) is 0 Å². The summed E-state index contributed by atoms with van der Waals surface area (Å²) in [6.45, 7) is 6.80. The third kappa shape index (κ3) is 4.87. The molecule has 1 heterocycles. The van der Waals surface area contributed by atoms with E-state index in [-0.39, 0.29) is 17.9 Å². The van der Waals surface area contributed by atoms with Crippen LogP contribution in [0.5, 0.6) is 0 Å². The Labute approximate surface area is 109 Å². The molecule has 5 heteroatoms. The minimum Gasteiger partial charge on any atom is -0.349 e. The molecule has 5 nitrogen and oxygen atoms in total. The van der Waals surface area contributed by atoms with E-state index in [1.54, 1.807) is 12.4 Å². The number of carbonyl (C=O) groups excluding carboxylic acids is 1. The molecule has 1 aromatic heterocycles. The molecule has 0 saturated heterocycles. The van der Waals surface area contributed by atoms with Gasteiger partial charge in [0, 0.05) is 18.2 Å². The van der Waals surface area contributed by atoms with Crippen molar-refractivity contribution in [3.8, 4) is 0 Å². The second kappa shape index (κ2) is 7.16. The number of nitrogens with two attached hydrogens (primary N) is 1. The first-order chi connectivity index (χ1) is 8.52. The van der Waals surface area contributed by atoms with E-state index in [9.17, 15) is 4.79 Å². The van der Waals surface area contributed by atoms with Gasteiger partial charge in [0.25, 0.3) is 0 Å². The highest BCUT2D eigenvalue weighted by Gasteiger charge is 2.16. The van der Waals surface area contributed by atoms with Crippen LogP contribution >= 0.6 is 0 Å². The fraction of sp³-hybridized carbons (Fsp3) is 0.692. The molecule has 1 amide bonds. The highest BCUT2D eigenvalue weighted by atomic mass is 16.1. The third-order valence-electron chi connectivity index (χ3n) is 3.01. The summed E-state index contributed by atoms with van der Waals surface area (Å²) in [5.41, 5.74) is 6.68. The lowest BCUT2D eigenvalue weighted by Gasteiger charge is -2.18. The molecule has 0 saturated carbocycles. The van der Waals surface area contributed by atoms with Crippen LogP contribution in [0.3, 0.4) is 0 Å². The number of nitrogens with zero attached hydrogens (tertiary/aromatic N) is 1. The van der Waals surface area contributed by atoms with Crippen LogP contribution < -0.4 is 11.1 Å². The molecular formula is C13H24N4O. The number of amides is 1. The Morgan fingerprint density at radius 2 is 2.22 bits per heavy atom. The Kier molecular flexibility index (Phi) is 5.85. The molecular weight excluding hydrogens is 228 g/mol. The van der Waals surface area contributed by atoms with Crippen LogP contribution in [-0.2, 0) is 4.79 Å². The van der Waals surface area contributed by atoms with Crippen molar-refractivity contribution in [1.29, 1.82) is 0 Å². The van der Waals surface area contributed by atoms with Crippen LogP contribution in [0.1, 0.15) is 45.2 Å². The summed E-state index contributed by atoms with van der Waals surface area (Å²) in [6, 6.07) is -0.0197. The van der Waals surface area contributed by atoms with E-state index in [4.69, 9.17) is 5.73 Å². The highest BCUT2D eigenvalue weighted by Crippen LogP contribution is 2.15. The summed E-state index contributed by atoms with van der Waals surface area (Å²) in [5, 5.41) is 9.58. The minimum atomic E-state index is -0.0197. The van der Waals surface area contributed by atoms with Crippen LogP contribution in [-0.4, -0.2) is 22.6 Å². The molecule has 0 radical (unpaired) electrons. The molecule has 102 valence electrons. The maximum absolute atomic E-state index is 11.9. The second-order valence-electron chi connectivity index (χ2n) is 5.26. The third-order valence-corrected chi connectivity index (χ3v) is 3.01. The van der Waals surface area contributed by atoms with E-state index >= 15 is 0 Å². The molecule has 2 atom stereocenters. The van der Waals surface area contributed by atoms with Gasteiger partial charge in [-0.05, 0) is 31.7 Å². The zero-order valence-electron chi connectivity index (χ0n) is 11.4. The Hall–Kier alpha value is -1.36. The van der Waals surface area contributed by atoms with Gasteiger partial charge in [-0.15, -0.1) is 0 Å². The molecule has 1 rings (SSSR count). The topological polar surface area (TPSA) is 83.8 Å². The predicted molar refractivity (Wildman–Crippen MR) is 71.8 cm³/mol. The molecule has 0 aliphatic heterocycles. The Balaban J connectivity index is 2.40. The normalized spacial score (nSPS) is 14.5. The zero-order valence-corrected chi connectivity index (χ0v) is 11.4. The Bertz CT molecular complexity index is 348. The number of aromatic amines is 1. The Morgan fingerprint density at radius 3 is 2.72 bits per heavy atom. The van der Waals surface area contributed by atoms with Crippen molar-refractivity contribution in [1.82, 2.24) is 15.5 Å². The Morgan fingerprint density at radius 1 is 1.50 bits per heavy atom. The monoisotopic (exact) mass is 252 g/mol. The number of nitrogens with one attached hydrogen (secondary N) is 2. The average molecular weight is 252 g/mol. The van der Waals surface area contributed by atoms with E-state index < -0.39 is 0 Å². The molecule has 0 fully saturated rings. The van der Waals surface area contributed by atoms with Gasteiger partial charge in [-0.25, -0.2) is 0 Å². The number of rotatable bonds is 7. The van der Waals surface area contributed by atoms with Gasteiger partial charge in [-0.2, -0.15) is 5.10 Å². The number of carbonyl (C=O) groups is 1. The van der Waals surface area contributed by atoms with Gasteiger partial charge >= 0.3 is 0 Å². The molecule has 0 bridgehead atoms. The first kappa shape index (κ1) is 14.7. The van der Waals surface area contributed by atoms with Gasteiger partial charge in [0.05, 0.1) is 12.2 Å². The number of hydrogen-bond acceptors (Lipinski definition) is 3. The minimum absolute atomic E-state index is 0.0197. The van der Waals surface area contributed by atoms with Crippen LogP contribution in [0, 0.1) is 11.8 Å². The van der Waals surface area contributed by atoms with Crippen LogP contribution in [0.2, 0.25) is 0 Å². The largest absolute Gasteiger partial charge is 0.349 e. The smallest absolute Gasteiger partial charge is 0.220 e. The van der Waals surface area contributed by atoms with Crippen molar-refractivity contribution < 1.29 is 4.79 Å². The van der Waals surface area contributed by atoms with Crippen molar-refractivity contribution >= 4 is 5.91 Å². The molecule has 0 aliphatic rings. The lowest BCUT2D eigenvalue weighted by molar-refractivity contribution is -0.122. The molecule has 4 N–H and O–H groups in total. The number of H-pyrrole nitrogens is 1. The lowest BCUT2D eigenvalue weighted by atomic mass is 9.94. The fourth-order valence-electron chi connectivity index (χ4n) is 2.07. The summed E-state index contributed by atoms with van der Waals surface area (Å²) >= 11 is 0. The first-order valence-electron chi connectivity index (χ1n) is 6.51. The van der Waals surface area contributed by atoms with Crippen LogP contribution in [0.25, 0.3) is 0 Å². The van der Waals surface area contributed by atoms with Gasteiger partial charge in [-0.1, -0.05) is 13.8 Å². The molecule has 18 heavy (non-hydrogen) atoms. The molecule has 0 aliphatic carbocycles. The van der Waals surface area contributed by atoms with E-state index in [0.717, 1.165) is 12.0 Å². The van der Waals surface area contributed by atoms with Crippen molar-refractivity contribution in [2.24, 2.45) is 17.6 Å². The zero-order chi connectivity index (χ0) is 13.5. The van der Waals surface area contributed by atoms with Crippen molar-refractivity contribution in [2.45, 2.75) is 39.7 Å². The number of hydrogen-bond donors (Lipinski definition) is 3. The fourth-order valence-corrected chi connectivity index (χ4v) is 2.07. The van der Waals surface area contributed by atoms with E-state index in [2.05, 4.69) is 29.4 Å². The van der Waals surface area contributed by atoms with Gasteiger partial charge < -0.3 is 11.1 Å². The predicted octanol–water partition coefficient (Wildman–Crippen LogP) is 1.60. The lowest BCUT2D eigenvalue weighted by Crippen LogP contribution is -2.30. The van der Waals surface area contributed by atoms with Crippen molar-refractivity contribution in [2.75, 3.05) is 6.54 Å². The van der Waals surface area contributed by atoms with E-state index in [1.807, 2.05) is 6.92 Å². The summed E-state index contributed by atoms with van der Waals surface area (Å²) in [6.07, 6.45) is 5.00. The molecule has 1 unspecified atom stereocenters. The SMILES string of the molecule is CC(C)C[C@H](CN)CC(=O)NC(C)c1cn[nH]c1. The van der Waals surface area contributed by atoms with E-state index in [0.29, 0.717) is 18.9 Å². The van der Waals surface area contributed by atoms with Gasteiger partial charge in [0.2, 0.25) is 5.91 Å². The average Bonchev–Trinajstić information content (AvgIpc) is 2.80. The molecule has 1 aromatic rings. The van der Waals surface area contributed by atoms with Crippen LogP contribution in [0.15, 0.2) is 12.4 Å². The summed E-state index contributed by atoms with van der Waals surface area (Å²) < 4.78 is 0. The van der Waals surface area contributed by atoms with Gasteiger partial charge in [0.15, 0.2) is 0 Å². The van der Waals surface area contributed by atoms with Gasteiger partial charge in [-0.3, -0.25) is 9.89 Å². The highest BCUT2D eigenvalue weighted by molar-refractivity contribution is 5.76. The number of aromatic nitrogens is 2. The van der Waals surface area contributed by atoms with Gasteiger partial charge in [0.1, 0.15) is 0 Å². The first-order valence-corrected chi connectivity index (χ1v) is 6.51. The van der Waals surface area contributed by atoms with E-state index in [1.165, 1.54) is 0 Å². The summed E-state index contributed by atoms with van der Waals surface area (Å²) in [7, 11) is 0.